The van der Waals surface area contributed by atoms with Crippen LogP contribution in [0.4, 0.5) is 0 Å². The first-order valence-electron chi connectivity index (χ1n) is 6.23. The highest BCUT2D eigenvalue weighted by atomic mass is 16.4. The monoisotopic (exact) mass is 242 g/mol. The molecule has 18 heavy (non-hydrogen) atoms. The molecule has 0 fully saturated rings. The van der Waals surface area contributed by atoms with Crippen LogP contribution in [0.2, 0.25) is 0 Å². The molecule has 94 valence electrons. The zero-order valence-electron chi connectivity index (χ0n) is 11.0. The van der Waals surface area contributed by atoms with Crippen molar-refractivity contribution in [3.05, 3.63) is 47.5 Å². The van der Waals surface area contributed by atoms with E-state index in [0.29, 0.717) is 5.56 Å². The van der Waals surface area contributed by atoms with Gasteiger partial charge in [-0.25, -0.2) is 4.79 Å². The summed E-state index contributed by atoms with van der Waals surface area (Å²) in [6.45, 7) is 6.53. The molecule has 0 aliphatic heterocycles. The number of benzene rings is 2. The van der Waals surface area contributed by atoms with Crippen LogP contribution in [0.15, 0.2) is 36.4 Å². The third kappa shape index (κ3) is 1.99. The molecule has 2 aromatic rings. The van der Waals surface area contributed by atoms with Gasteiger partial charge in [0, 0.05) is 0 Å². The average Bonchev–Trinajstić information content (AvgIpc) is 2.37. The second kappa shape index (κ2) is 4.45. The highest BCUT2D eigenvalue weighted by molar-refractivity contribution is 6.04. The third-order valence-electron chi connectivity index (χ3n) is 3.77. The second-order valence-electron chi connectivity index (χ2n) is 5.25. The number of hydrogen-bond acceptors (Lipinski definition) is 1. The summed E-state index contributed by atoms with van der Waals surface area (Å²) in [6.07, 6.45) is 1.02. The standard InChI is InChI=1S/C16H18O2/c1-4-16(2,3)14-10-9-13(15(17)18)11-7-5-6-8-12(11)14/h5-10H,4H2,1-3H3,(H,17,18). The van der Waals surface area contributed by atoms with Gasteiger partial charge in [0.1, 0.15) is 0 Å². The van der Waals surface area contributed by atoms with Crippen LogP contribution in [0.3, 0.4) is 0 Å². The van der Waals surface area contributed by atoms with Gasteiger partial charge in [-0.05, 0) is 34.2 Å². The molecule has 2 heteroatoms. The largest absolute Gasteiger partial charge is 0.478 e. The summed E-state index contributed by atoms with van der Waals surface area (Å²) in [4.78, 5) is 11.2. The van der Waals surface area contributed by atoms with E-state index in [9.17, 15) is 9.90 Å². The fourth-order valence-electron chi connectivity index (χ4n) is 2.27. The number of carboxylic acid groups (broad SMARTS) is 1. The van der Waals surface area contributed by atoms with Crippen molar-refractivity contribution >= 4 is 16.7 Å². The highest BCUT2D eigenvalue weighted by Gasteiger charge is 2.22. The van der Waals surface area contributed by atoms with Crippen molar-refractivity contribution in [1.29, 1.82) is 0 Å². The van der Waals surface area contributed by atoms with Crippen LogP contribution in [0, 0.1) is 0 Å². The minimum atomic E-state index is -0.868. The summed E-state index contributed by atoms with van der Waals surface area (Å²) in [7, 11) is 0. The van der Waals surface area contributed by atoms with Crippen LogP contribution in [-0.2, 0) is 5.41 Å². The van der Waals surface area contributed by atoms with E-state index in [-0.39, 0.29) is 5.41 Å². The third-order valence-corrected chi connectivity index (χ3v) is 3.77. The SMILES string of the molecule is CCC(C)(C)c1ccc(C(=O)O)c2ccccc12. The predicted molar refractivity (Wildman–Crippen MR) is 74.2 cm³/mol. The van der Waals surface area contributed by atoms with Gasteiger partial charge in [-0.15, -0.1) is 0 Å². The Hall–Kier alpha value is -1.83. The molecule has 2 nitrogen and oxygen atoms in total. The van der Waals surface area contributed by atoms with Crippen molar-refractivity contribution in [3.8, 4) is 0 Å². The second-order valence-corrected chi connectivity index (χ2v) is 5.25. The van der Waals surface area contributed by atoms with Gasteiger partial charge in [-0.2, -0.15) is 0 Å². The van der Waals surface area contributed by atoms with E-state index in [4.69, 9.17) is 0 Å². The van der Waals surface area contributed by atoms with Crippen LogP contribution in [0.5, 0.6) is 0 Å². The first-order valence-corrected chi connectivity index (χ1v) is 6.23. The fourth-order valence-corrected chi connectivity index (χ4v) is 2.27. The summed E-state index contributed by atoms with van der Waals surface area (Å²) in [5, 5.41) is 11.1. The summed E-state index contributed by atoms with van der Waals surface area (Å²) >= 11 is 0. The minimum Gasteiger partial charge on any atom is -0.478 e. The molecule has 0 aromatic heterocycles. The summed E-state index contributed by atoms with van der Waals surface area (Å²) in [6, 6.07) is 11.4. The van der Waals surface area contributed by atoms with E-state index in [2.05, 4.69) is 20.8 Å². The number of hydrogen-bond donors (Lipinski definition) is 1. The van der Waals surface area contributed by atoms with Crippen LogP contribution in [0.25, 0.3) is 10.8 Å². The maximum Gasteiger partial charge on any atom is 0.336 e. The van der Waals surface area contributed by atoms with Crippen LogP contribution in [-0.4, -0.2) is 11.1 Å². The van der Waals surface area contributed by atoms with Gasteiger partial charge >= 0.3 is 5.97 Å². The summed E-state index contributed by atoms with van der Waals surface area (Å²) in [5.74, 6) is -0.868. The normalized spacial score (nSPS) is 11.7. The lowest BCUT2D eigenvalue weighted by atomic mass is 9.79. The Morgan fingerprint density at radius 1 is 1.11 bits per heavy atom. The van der Waals surface area contributed by atoms with Gasteiger partial charge in [-0.1, -0.05) is 51.1 Å². The minimum absolute atomic E-state index is 0.0522. The molecule has 0 heterocycles. The Labute approximate surface area is 107 Å². The molecular weight excluding hydrogens is 224 g/mol. The van der Waals surface area contributed by atoms with Gasteiger partial charge in [0.25, 0.3) is 0 Å². The van der Waals surface area contributed by atoms with Crippen molar-refractivity contribution < 1.29 is 9.90 Å². The zero-order valence-corrected chi connectivity index (χ0v) is 11.0. The molecule has 0 saturated carbocycles. The fraction of sp³-hybridized carbons (Fsp3) is 0.312. The predicted octanol–water partition coefficient (Wildman–Crippen LogP) is 4.23. The molecule has 0 amide bonds. The van der Waals surface area contributed by atoms with E-state index in [1.807, 2.05) is 30.3 Å². The first kappa shape index (κ1) is 12.6. The number of rotatable bonds is 3. The quantitative estimate of drug-likeness (QED) is 0.874. The van der Waals surface area contributed by atoms with Gasteiger partial charge in [0.2, 0.25) is 0 Å². The van der Waals surface area contributed by atoms with Gasteiger partial charge in [0.15, 0.2) is 0 Å². The van der Waals surface area contributed by atoms with E-state index in [0.717, 1.165) is 17.2 Å². The molecule has 0 spiro atoms. The maximum absolute atomic E-state index is 11.2. The van der Waals surface area contributed by atoms with E-state index in [1.54, 1.807) is 6.07 Å². The molecule has 0 aliphatic carbocycles. The number of fused-ring (bicyclic) bond motifs is 1. The van der Waals surface area contributed by atoms with Gasteiger partial charge in [-0.3, -0.25) is 0 Å². The van der Waals surface area contributed by atoms with E-state index in [1.165, 1.54) is 5.56 Å². The van der Waals surface area contributed by atoms with Crippen molar-refractivity contribution in [2.75, 3.05) is 0 Å². The van der Waals surface area contributed by atoms with Crippen molar-refractivity contribution in [3.63, 3.8) is 0 Å². The lowest BCUT2D eigenvalue weighted by Gasteiger charge is -2.25. The highest BCUT2D eigenvalue weighted by Crippen LogP contribution is 2.34. The molecule has 2 rings (SSSR count). The van der Waals surface area contributed by atoms with Crippen molar-refractivity contribution in [2.24, 2.45) is 0 Å². The molecule has 0 atom stereocenters. The molecule has 0 bridgehead atoms. The van der Waals surface area contributed by atoms with E-state index < -0.39 is 5.97 Å². The molecule has 0 radical (unpaired) electrons. The smallest absolute Gasteiger partial charge is 0.336 e. The first-order chi connectivity index (χ1) is 8.47. The van der Waals surface area contributed by atoms with E-state index >= 15 is 0 Å². The van der Waals surface area contributed by atoms with Crippen molar-refractivity contribution in [2.45, 2.75) is 32.6 Å². The molecule has 0 saturated heterocycles. The molecule has 0 unspecified atom stereocenters. The molecular formula is C16H18O2. The topological polar surface area (TPSA) is 37.3 Å². The van der Waals surface area contributed by atoms with Crippen molar-refractivity contribution in [1.82, 2.24) is 0 Å². The maximum atomic E-state index is 11.2. The van der Waals surface area contributed by atoms with Gasteiger partial charge < -0.3 is 5.11 Å². The Morgan fingerprint density at radius 3 is 2.28 bits per heavy atom. The number of aromatic carboxylic acids is 1. The van der Waals surface area contributed by atoms with Gasteiger partial charge in [0.05, 0.1) is 5.56 Å². The summed E-state index contributed by atoms with van der Waals surface area (Å²) < 4.78 is 0. The lowest BCUT2D eigenvalue weighted by molar-refractivity contribution is 0.0699. The average molecular weight is 242 g/mol. The zero-order chi connectivity index (χ0) is 13.3. The van der Waals surface area contributed by atoms with Crippen LogP contribution in [0.1, 0.15) is 43.1 Å². The Bertz CT molecular complexity index is 597. The molecule has 0 aliphatic rings. The summed E-state index contributed by atoms with van der Waals surface area (Å²) in [5.41, 5.74) is 1.64. The number of carbonyl (C=O) groups is 1. The lowest BCUT2D eigenvalue weighted by Crippen LogP contribution is -2.16. The number of carboxylic acids is 1. The molecule has 1 N–H and O–H groups in total. The molecule has 2 aromatic carbocycles. The van der Waals surface area contributed by atoms with Crippen LogP contribution < -0.4 is 0 Å². The Balaban J connectivity index is 2.80. The van der Waals surface area contributed by atoms with Crippen LogP contribution >= 0.6 is 0 Å². The Kier molecular flexibility index (Phi) is 3.12. The Morgan fingerprint density at radius 2 is 1.72 bits per heavy atom.